The second kappa shape index (κ2) is 11.8. The van der Waals surface area contributed by atoms with Crippen LogP contribution >= 0.6 is 0 Å². The Morgan fingerprint density at radius 2 is 1.79 bits per heavy atom. The number of nitrogens with one attached hydrogen (secondary N) is 1. The zero-order chi connectivity index (χ0) is 20.2. The molecular weight excluding hydrogens is 380 g/mol. The van der Waals surface area contributed by atoms with Gasteiger partial charge in [-0.25, -0.2) is 0 Å². The second-order valence-electron chi connectivity index (χ2n) is 6.72. The maximum atomic E-state index is 9.19. The van der Waals surface area contributed by atoms with Crippen LogP contribution in [0.4, 0.5) is 5.69 Å². The number of hydrogen-bond acceptors (Lipinski definition) is 5. The van der Waals surface area contributed by atoms with E-state index in [9.17, 15) is 8.42 Å². The summed E-state index contributed by atoms with van der Waals surface area (Å²) in [7, 11) is -3.67. The minimum absolute atomic E-state index is 0.715. The van der Waals surface area contributed by atoms with Crippen molar-refractivity contribution in [3.05, 3.63) is 30.3 Å². The van der Waals surface area contributed by atoms with Crippen molar-refractivity contribution in [1.29, 1.82) is 0 Å². The summed E-state index contributed by atoms with van der Waals surface area (Å²) in [6.45, 7) is 4.14. The third kappa shape index (κ3) is 9.82. The van der Waals surface area contributed by atoms with Crippen LogP contribution in [-0.2, 0) is 14.9 Å². The summed E-state index contributed by atoms with van der Waals surface area (Å²) in [5.74, 6) is 1.88. The van der Waals surface area contributed by atoms with Gasteiger partial charge >= 0.3 is 0 Å². The van der Waals surface area contributed by atoms with Crippen LogP contribution in [0.25, 0.3) is 0 Å². The SMILES string of the molecule is CS(=O)(=O)O.c1ccc(NC(=NC2=NCCCCCC2)N2CCOCC2)cc1. The van der Waals surface area contributed by atoms with Crippen LogP contribution in [0.15, 0.2) is 40.3 Å². The zero-order valence-electron chi connectivity index (χ0n) is 16.4. The second-order valence-corrected chi connectivity index (χ2v) is 8.19. The van der Waals surface area contributed by atoms with E-state index < -0.39 is 10.1 Å². The van der Waals surface area contributed by atoms with Crippen LogP contribution < -0.4 is 5.32 Å². The number of anilines is 1. The zero-order valence-corrected chi connectivity index (χ0v) is 17.2. The molecule has 0 atom stereocenters. The summed E-state index contributed by atoms with van der Waals surface area (Å²) in [6, 6.07) is 10.2. The van der Waals surface area contributed by atoms with Gasteiger partial charge in [0.15, 0.2) is 0 Å². The van der Waals surface area contributed by atoms with Crippen molar-refractivity contribution in [2.45, 2.75) is 32.1 Å². The van der Waals surface area contributed by atoms with Gasteiger partial charge in [0.25, 0.3) is 10.1 Å². The Balaban J connectivity index is 0.000000500. The number of ether oxygens (including phenoxy) is 1. The van der Waals surface area contributed by atoms with Crippen LogP contribution in [0.3, 0.4) is 0 Å². The molecule has 2 heterocycles. The predicted molar refractivity (Wildman–Crippen MR) is 113 cm³/mol. The molecule has 9 heteroatoms. The van der Waals surface area contributed by atoms with E-state index in [1.54, 1.807) is 0 Å². The summed E-state index contributed by atoms with van der Waals surface area (Å²) >= 11 is 0. The molecule has 2 N–H and O–H groups in total. The molecule has 1 aromatic carbocycles. The maximum absolute atomic E-state index is 9.19. The van der Waals surface area contributed by atoms with Gasteiger partial charge in [-0.15, -0.1) is 0 Å². The van der Waals surface area contributed by atoms with Crippen molar-refractivity contribution in [3.8, 4) is 0 Å². The largest absolute Gasteiger partial charge is 0.378 e. The van der Waals surface area contributed by atoms with Gasteiger partial charge < -0.3 is 15.0 Å². The average Bonchev–Trinajstić information content (AvgIpc) is 2.63. The third-order valence-corrected chi connectivity index (χ3v) is 4.18. The third-order valence-electron chi connectivity index (χ3n) is 4.18. The molecule has 1 fully saturated rings. The maximum Gasteiger partial charge on any atom is 0.261 e. The van der Waals surface area contributed by atoms with Gasteiger partial charge in [0.2, 0.25) is 5.96 Å². The molecule has 0 amide bonds. The molecule has 8 nitrogen and oxygen atoms in total. The van der Waals surface area contributed by atoms with E-state index in [0.29, 0.717) is 6.26 Å². The Morgan fingerprint density at radius 1 is 1.14 bits per heavy atom. The summed E-state index contributed by atoms with van der Waals surface area (Å²) in [4.78, 5) is 11.8. The normalized spacial score (nSPS) is 18.9. The van der Waals surface area contributed by atoms with Crippen LogP contribution in [0.5, 0.6) is 0 Å². The monoisotopic (exact) mass is 410 g/mol. The molecule has 0 unspecified atom stereocenters. The first-order valence-electron chi connectivity index (χ1n) is 9.61. The van der Waals surface area contributed by atoms with E-state index >= 15 is 0 Å². The molecule has 1 saturated heterocycles. The lowest BCUT2D eigenvalue weighted by molar-refractivity contribution is 0.0681. The molecule has 2 aliphatic rings. The van der Waals surface area contributed by atoms with Gasteiger partial charge in [-0.2, -0.15) is 13.4 Å². The van der Waals surface area contributed by atoms with Crippen LogP contribution in [0, 0.1) is 0 Å². The highest BCUT2D eigenvalue weighted by atomic mass is 32.2. The van der Waals surface area contributed by atoms with Gasteiger partial charge in [-0.05, 0) is 25.0 Å². The number of morpholine rings is 1. The highest BCUT2D eigenvalue weighted by Gasteiger charge is 2.16. The summed E-state index contributed by atoms with van der Waals surface area (Å²) in [6.07, 6.45) is 6.63. The van der Waals surface area contributed by atoms with Gasteiger partial charge in [-0.1, -0.05) is 31.0 Å². The molecule has 0 aromatic heterocycles. The van der Waals surface area contributed by atoms with Gasteiger partial charge in [-0.3, -0.25) is 9.55 Å². The molecule has 0 bridgehead atoms. The van der Waals surface area contributed by atoms with Gasteiger partial charge in [0.05, 0.1) is 19.5 Å². The van der Waals surface area contributed by atoms with E-state index in [-0.39, 0.29) is 0 Å². The highest BCUT2D eigenvalue weighted by Crippen LogP contribution is 2.12. The molecule has 156 valence electrons. The molecule has 1 aromatic rings. The molecule has 3 rings (SSSR count). The van der Waals surface area contributed by atoms with E-state index in [1.807, 2.05) is 18.2 Å². The minimum atomic E-state index is -3.67. The quantitative estimate of drug-likeness (QED) is 0.419. The lowest BCUT2D eigenvalue weighted by atomic mass is 10.1. The molecule has 0 saturated carbocycles. The van der Waals surface area contributed by atoms with Crippen LogP contribution in [-0.4, -0.2) is 68.8 Å². The number of benzene rings is 1. The highest BCUT2D eigenvalue weighted by molar-refractivity contribution is 7.85. The minimum Gasteiger partial charge on any atom is -0.378 e. The summed E-state index contributed by atoms with van der Waals surface area (Å²) < 4.78 is 31.3. The Hall–Kier alpha value is -1.97. The smallest absolute Gasteiger partial charge is 0.261 e. The standard InChI is InChI=1S/C18H26N4O.CH4O3S/c1-2-7-11-19-17(10-6-1)21-18(22-12-14-23-15-13-22)20-16-8-4-3-5-9-16;1-5(2,3)4/h3-5,8-9H,1-2,6-7,10-15H2,(H,19,20,21);1H3,(H,2,3,4). The number of para-hydroxylation sites is 1. The Bertz CT molecular complexity index is 736. The van der Waals surface area contributed by atoms with Crippen molar-refractivity contribution in [2.75, 3.05) is 44.4 Å². The first kappa shape index (κ1) is 22.3. The molecule has 2 aliphatic heterocycles. The fourth-order valence-electron chi connectivity index (χ4n) is 2.85. The number of aliphatic imine (C=N–C) groups is 2. The van der Waals surface area contributed by atoms with E-state index in [4.69, 9.17) is 19.3 Å². The first-order chi connectivity index (χ1) is 13.4. The summed E-state index contributed by atoms with van der Waals surface area (Å²) in [5, 5.41) is 3.47. The fraction of sp³-hybridized carbons (Fsp3) is 0.579. The number of rotatable bonds is 1. The van der Waals surface area contributed by atoms with Gasteiger partial charge in [0.1, 0.15) is 5.84 Å². The molecule has 28 heavy (non-hydrogen) atoms. The van der Waals surface area contributed by atoms with E-state index in [2.05, 4.69) is 22.3 Å². The van der Waals surface area contributed by atoms with Crippen molar-refractivity contribution < 1.29 is 17.7 Å². The van der Waals surface area contributed by atoms with Crippen LogP contribution in [0.1, 0.15) is 32.1 Å². The number of hydrogen-bond donors (Lipinski definition) is 2. The lowest BCUT2D eigenvalue weighted by Gasteiger charge is -2.30. The molecule has 0 radical (unpaired) electrons. The lowest BCUT2D eigenvalue weighted by Crippen LogP contribution is -2.44. The number of nitrogens with zero attached hydrogens (tertiary/aromatic N) is 3. The molecular formula is C19H30N4O4S. The average molecular weight is 411 g/mol. The van der Waals surface area contributed by atoms with Crippen molar-refractivity contribution in [1.82, 2.24) is 4.90 Å². The van der Waals surface area contributed by atoms with E-state index in [0.717, 1.165) is 56.8 Å². The van der Waals surface area contributed by atoms with Crippen molar-refractivity contribution in [2.24, 2.45) is 9.98 Å². The topological polar surface area (TPSA) is 104 Å². The first-order valence-corrected chi connectivity index (χ1v) is 11.5. The van der Waals surface area contributed by atoms with Crippen LogP contribution in [0.2, 0.25) is 0 Å². The molecule has 0 spiro atoms. The number of amidine groups is 1. The Kier molecular flexibility index (Phi) is 9.39. The van der Waals surface area contributed by atoms with Crippen molar-refractivity contribution in [3.63, 3.8) is 0 Å². The summed E-state index contributed by atoms with van der Waals surface area (Å²) in [5.41, 5.74) is 1.06. The predicted octanol–water partition coefficient (Wildman–Crippen LogP) is 2.65. The van der Waals surface area contributed by atoms with Gasteiger partial charge in [0, 0.05) is 31.7 Å². The van der Waals surface area contributed by atoms with E-state index in [1.165, 1.54) is 25.7 Å². The Morgan fingerprint density at radius 3 is 2.46 bits per heavy atom. The number of guanidine groups is 1. The Labute approximate surface area is 167 Å². The van der Waals surface area contributed by atoms with Crippen molar-refractivity contribution >= 4 is 27.6 Å². The molecule has 0 aliphatic carbocycles. The fourth-order valence-corrected chi connectivity index (χ4v) is 2.85.